The summed E-state index contributed by atoms with van der Waals surface area (Å²) < 4.78 is 6.72. The molecule has 0 aromatic carbocycles. The number of imidazole rings is 1. The van der Waals surface area contributed by atoms with Gasteiger partial charge in [0.05, 0.1) is 24.8 Å². The average Bonchev–Trinajstić information content (AvgIpc) is 2.80. The minimum absolute atomic E-state index is 0.0800. The molecule has 1 atom stereocenters. The second kappa shape index (κ2) is 6.49. The Balaban J connectivity index is 1.96. The second-order valence-corrected chi connectivity index (χ2v) is 4.76. The van der Waals surface area contributed by atoms with Gasteiger partial charge in [-0.2, -0.15) is 0 Å². The maximum Gasteiger partial charge on any atom is 0.228 e. The van der Waals surface area contributed by atoms with Crippen LogP contribution in [0.3, 0.4) is 0 Å². The van der Waals surface area contributed by atoms with Gasteiger partial charge in [-0.15, -0.1) is 0 Å². The lowest BCUT2D eigenvalue weighted by Gasteiger charge is -2.20. The van der Waals surface area contributed by atoms with E-state index in [-0.39, 0.29) is 25.5 Å². The van der Waals surface area contributed by atoms with Gasteiger partial charge >= 0.3 is 0 Å². The van der Waals surface area contributed by atoms with Crippen LogP contribution in [0.25, 0.3) is 5.65 Å². The Hall–Kier alpha value is -1.92. The fraction of sp³-hybridized carbons (Fsp3) is 0.429. The summed E-state index contributed by atoms with van der Waals surface area (Å²) in [6.45, 7) is 0.464. The third kappa shape index (κ3) is 3.55. The van der Waals surface area contributed by atoms with Crippen molar-refractivity contribution < 1.29 is 14.6 Å². The smallest absolute Gasteiger partial charge is 0.228 e. The molecule has 0 saturated carbocycles. The molecule has 0 saturated heterocycles. The van der Waals surface area contributed by atoms with E-state index in [0.29, 0.717) is 5.69 Å². The molecular weight excluding hydrogens is 258 g/mol. The molecule has 20 heavy (non-hydrogen) atoms. The zero-order chi connectivity index (χ0) is 14.5. The van der Waals surface area contributed by atoms with E-state index in [9.17, 15) is 9.90 Å². The molecule has 0 bridgehead atoms. The highest BCUT2D eigenvalue weighted by molar-refractivity contribution is 5.78. The molecule has 0 spiro atoms. The van der Waals surface area contributed by atoms with Crippen molar-refractivity contribution >= 4 is 11.6 Å². The maximum absolute atomic E-state index is 12.1. The van der Waals surface area contributed by atoms with Crippen LogP contribution in [0.2, 0.25) is 0 Å². The van der Waals surface area contributed by atoms with Crippen LogP contribution in [0.1, 0.15) is 5.69 Å². The first kappa shape index (κ1) is 14.5. The lowest BCUT2D eigenvalue weighted by Crippen LogP contribution is -2.37. The van der Waals surface area contributed by atoms with Gasteiger partial charge in [0.2, 0.25) is 5.91 Å². The van der Waals surface area contributed by atoms with Crippen molar-refractivity contribution in [2.24, 2.45) is 0 Å². The molecule has 6 heteroatoms. The Kier molecular flexibility index (Phi) is 4.70. The number of ether oxygens (including phenoxy) is 1. The predicted octanol–water partition coefficient (Wildman–Crippen LogP) is 0.342. The van der Waals surface area contributed by atoms with Gasteiger partial charge in [-0.3, -0.25) is 4.79 Å². The highest BCUT2D eigenvalue weighted by atomic mass is 16.5. The first-order chi connectivity index (χ1) is 9.60. The Morgan fingerprint density at radius 2 is 2.35 bits per heavy atom. The summed E-state index contributed by atoms with van der Waals surface area (Å²) in [6, 6.07) is 5.70. The third-order valence-corrected chi connectivity index (χ3v) is 3.02. The molecule has 1 N–H and O–H groups in total. The number of rotatable bonds is 6. The zero-order valence-corrected chi connectivity index (χ0v) is 11.7. The van der Waals surface area contributed by atoms with E-state index in [0.717, 1.165) is 5.65 Å². The number of carbonyl (C=O) groups is 1. The minimum atomic E-state index is -0.671. The molecule has 2 aromatic heterocycles. The summed E-state index contributed by atoms with van der Waals surface area (Å²) >= 11 is 0. The quantitative estimate of drug-likeness (QED) is 0.827. The molecule has 2 heterocycles. The molecule has 1 amide bonds. The average molecular weight is 277 g/mol. The standard InChI is InChI=1S/C14H19N3O3/c1-16(9-12(18)10-20-2)14(19)7-11-8-17-6-4-3-5-13(17)15-11/h3-6,8,12,18H,7,9-10H2,1-2H3. The fourth-order valence-electron chi connectivity index (χ4n) is 2.03. The number of aliphatic hydroxyl groups is 1. The van der Waals surface area contributed by atoms with Gasteiger partial charge in [-0.25, -0.2) is 4.98 Å². The van der Waals surface area contributed by atoms with Crippen molar-refractivity contribution in [1.82, 2.24) is 14.3 Å². The van der Waals surface area contributed by atoms with Crippen molar-refractivity contribution in [3.63, 3.8) is 0 Å². The van der Waals surface area contributed by atoms with Crippen LogP contribution >= 0.6 is 0 Å². The van der Waals surface area contributed by atoms with E-state index in [2.05, 4.69) is 4.98 Å². The van der Waals surface area contributed by atoms with Gasteiger partial charge in [0.1, 0.15) is 5.65 Å². The van der Waals surface area contributed by atoms with Crippen LogP contribution in [0.4, 0.5) is 0 Å². The Morgan fingerprint density at radius 3 is 3.05 bits per heavy atom. The van der Waals surface area contributed by atoms with Crippen LogP contribution in [0.5, 0.6) is 0 Å². The highest BCUT2D eigenvalue weighted by Gasteiger charge is 2.15. The largest absolute Gasteiger partial charge is 0.389 e. The normalized spacial score (nSPS) is 12.6. The molecule has 0 radical (unpaired) electrons. The van der Waals surface area contributed by atoms with Crippen molar-refractivity contribution in [3.05, 3.63) is 36.3 Å². The summed E-state index contributed by atoms with van der Waals surface area (Å²) in [7, 11) is 3.18. The molecule has 2 aromatic rings. The Bertz CT molecular complexity index is 549. The molecule has 108 valence electrons. The molecule has 6 nitrogen and oxygen atoms in total. The van der Waals surface area contributed by atoms with Crippen LogP contribution in [0, 0.1) is 0 Å². The summed E-state index contributed by atoms with van der Waals surface area (Å²) in [5.41, 5.74) is 1.53. The van der Waals surface area contributed by atoms with E-state index < -0.39 is 6.10 Å². The first-order valence-corrected chi connectivity index (χ1v) is 6.43. The van der Waals surface area contributed by atoms with E-state index >= 15 is 0 Å². The van der Waals surface area contributed by atoms with Crippen molar-refractivity contribution in [2.45, 2.75) is 12.5 Å². The van der Waals surface area contributed by atoms with E-state index in [1.54, 1.807) is 7.05 Å². The molecule has 0 aliphatic rings. The second-order valence-electron chi connectivity index (χ2n) is 4.76. The number of aromatic nitrogens is 2. The number of fused-ring (bicyclic) bond motifs is 1. The Morgan fingerprint density at radius 1 is 1.55 bits per heavy atom. The topological polar surface area (TPSA) is 67.1 Å². The number of pyridine rings is 1. The zero-order valence-electron chi connectivity index (χ0n) is 11.7. The Labute approximate surface area is 117 Å². The first-order valence-electron chi connectivity index (χ1n) is 6.43. The van der Waals surface area contributed by atoms with E-state index in [1.807, 2.05) is 35.0 Å². The molecule has 2 rings (SSSR count). The number of amides is 1. The lowest BCUT2D eigenvalue weighted by molar-refractivity contribution is -0.130. The van der Waals surface area contributed by atoms with Crippen molar-refractivity contribution in [3.8, 4) is 0 Å². The SMILES string of the molecule is COCC(O)CN(C)C(=O)Cc1cn2ccccc2n1. The third-order valence-electron chi connectivity index (χ3n) is 3.02. The van der Waals surface area contributed by atoms with Crippen LogP contribution < -0.4 is 0 Å². The lowest BCUT2D eigenvalue weighted by atomic mass is 10.2. The van der Waals surface area contributed by atoms with Crippen LogP contribution in [0.15, 0.2) is 30.6 Å². The van der Waals surface area contributed by atoms with Gasteiger partial charge in [0, 0.05) is 33.1 Å². The molecule has 1 unspecified atom stereocenters. The summed E-state index contributed by atoms with van der Waals surface area (Å²) in [6.07, 6.45) is 3.28. The summed E-state index contributed by atoms with van der Waals surface area (Å²) in [4.78, 5) is 17.9. The van der Waals surface area contributed by atoms with Gasteiger partial charge in [0.15, 0.2) is 0 Å². The van der Waals surface area contributed by atoms with Gasteiger partial charge in [0.25, 0.3) is 0 Å². The highest BCUT2D eigenvalue weighted by Crippen LogP contribution is 2.06. The van der Waals surface area contributed by atoms with Crippen LogP contribution in [-0.4, -0.2) is 58.7 Å². The molecule has 0 fully saturated rings. The van der Waals surface area contributed by atoms with Crippen LogP contribution in [-0.2, 0) is 16.0 Å². The molecule has 0 aliphatic carbocycles. The number of nitrogens with zero attached hydrogens (tertiary/aromatic N) is 3. The maximum atomic E-state index is 12.1. The van der Waals surface area contributed by atoms with E-state index in [4.69, 9.17) is 4.74 Å². The van der Waals surface area contributed by atoms with Gasteiger partial charge in [-0.05, 0) is 12.1 Å². The van der Waals surface area contributed by atoms with E-state index in [1.165, 1.54) is 12.0 Å². The number of likely N-dealkylation sites (N-methyl/N-ethyl adjacent to an activating group) is 1. The molecular formula is C14H19N3O3. The minimum Gasteiger partial charge on any atom is -0.389 e. The summed E-state index contributed by atoms with van der Waals surface area (Å²) in [5.74, 6) is -0.0800. The number of hydrogen-bond acceptors (Lipinski definition) is 4. The van der Waals surface area contributed by atoms with Gasteiger partial charge < -0.3 is 19.1 Å². The monoisotopic (exact) mass is 277 g/mol. The predicted molar refractivity (Wildman–Crippen MR) is 74.4 cm³/mol. The fourth-order valence-corrected chi connectivity index (χ4v) is 2.03. The number of aliphatic hydroxyl groups excluding tert-OH is 1. The van der Waals surface area contributed by atoms with Gasteiger partial charge in [-0.1, -0.05) is 6.07 Å². The van der Waals surface area contributed by atoms with Crippen molar-refractivity contribution in [2.75, 3.05) is 27.3 Å². The number of carbonyl (C=O) groups excluding carboxylic acids is 1. The number of methoxy groups -OCH3 is 1. The molecule has 0 aliphatic heterocycles. The summed E-state index contributed by atoms with van der Waals surface area (Å²) in [5, 5.41) is 9.61. The van der Waals surface area contributed by atoms with Crippen molar-refractivity contribution in [1.29, 1.82) is 0 Å². The number of hydrogen-bond donors (Lipinski definition) is 1.